The third-order valence-electron chi connectivity index (χ3n) is 4.68. The van der Waals surface area contributed by atoms with Crippen molar-refractivity contribution < 1.29 is 4.39 Å². The van der Waals surface area contributed by atoms with E-state index in [1.807, 2.05) is 6.92 Å². The number of nitrogens with one attached hydrogen (secondary N) is 1. The Morgan fingerprint density at radius 2 is 1.96 bits per heavy atom. The standard InChI is InChI=1S/C19H20FN5O/c1-13-16(12-21-19(22-13)24-8-3-2-4-9-24)17-11-18(26)25(23-17)15-7-5-6-14(20)10-15/h5-7,10-12,23H,2-4,8-9H2,1H3. The maximum atomic E-state index is 13.4. The van der Waals surface area contributed by atoms with Gasteiger partial charge < -0.3 is 4.90 Å². The van der Waals surface area contributed by atoms with Crippen LogP contribution in [0.4, 0.5) is 10.3 Å². The highest BCUT2D eigenvalue weighted by atomic mass is 19.1. The molecule has 3 aromatic rings. The molecule has 2 aromatic heterocycles. The summed E-state index contributed by atoms with van der Waals surface area (Å²) in [7, 11) is 0. The average molecular weight is 353 g/mol. The van der Waals surface area contributed by atoms with Crippen molar-refractivity contribution in [2.24, 2.45) is 0 Å². The Bertz CT molecular complexity index is 988. The molecule has 0 spiro atoms. The molecule has 134 valence electrons. The number of hydrogen-bond donors (Lipinski definition) is 1. The molecule has 0 radical (unpaired) electrons. The van der Waals surface area contributed by atoms with Gasteiger partial charge in [-0.25, -0.2) is 19.0 Å². The molecule has 7 heteroatoms. The second kappa shape index (κ2) is 6.74. The van der Waals surface area contributed by atoms with E-state index in [0.29, 0.717) is 11.4 Å². The van der Waals surface area contributed by atoms with Gasteiger partial charge in [-0.2, -0.15) is 0 Å². The number of rotatable bonds is 3. The summed E-state index contributed by atoms with van der Waals surface area (Å²) in [6.07, 6.45) is 5.32. The number of aromatic amines is 1. The van der Waals surface area contributed by atoms with Gasteiger partial charge in [-0.3, -0.25) is 9.89 Å². The molecule has 0 saturated carbocycles. The molecule has 3 heterocycles. The number of halogens is 1. The molecule has 1 aromatic carbocycles. The van der Waals surface area contributed by atoms with Crippen LogP contribution >= 0.6 is 0 Å². The van der Waals surface area contributed by atoms with E-state index < -0.39 is 5.82 Å². The second-order valence-electron chi connectivity index (χ2n) is 6.54. The van der Waals surface area contributed by atoms with Crippen molar-refractivity contribution in [1.82, 2.24) is 19.7 Å². The summed E-state index contributed by atoms with van der Waals surface area (Å²) in [5.41, 5.74) is 2.36. The minimum absolute atomic E-state index is 0.259. The van der Waals surface area contributed by atoms with Crippen molar-refractivity contribution in [3.63, 3.8) is 0 Å². The van der Waals surface area contributed by atoms with E-state index in [1.54, 1.807) is 18.3 Å². The van der Waals surface area contributed by atoms with Crippen molar-refractivity contribution in [3.8, 4) is 16.9 Å². The smallest absolute Gasteiger partial charge is 0.271 e. The molecular formula is C19H20FN5O. The SMILES string of the molecule is Cc1nc(N2CCCCC2)ncc1-c1cc(=O)n(-c2cccc(F)c2)[nH]1. The lowest BCUT2D eigenvalue weighted by Gasteiger charge is -2.26. The first kappa shape index (κ1) is 16.5. The Kier molecular flexibility index (Phi) is 4.28. The predicted molar refractivity (Wildman–Crippen MR) is 98.2 cm³/mol. The fourth-order valence-electron chi connectivity index (χ4n) is 3.31. The van der Waals surface area contributed by atoms with Crippen LogP contribution in [0, 0.1) is 12.7 Å². The van der Waals surface area contributed by atoms with Crippen molar-refractivity contribution >= 4 is 5.95 Å². The topological polar surface area (TPSA) is 66.8 Å². The molecule has 4 rings (SSSR count). The Hall–Kier alpha value is -2.96. The van der Waals surface area contributed by atoms with Crippen LogP contribution in [0.1, 0.15) is 25.0 Å². The Balaban J connectivity index is 1.68. The zero-order valence-electron chi connectivity index (χ0n) is 14.6. The van der Waals surface area contributed by atoms with E-state index in [9.17, 15) is 9.18 Å². The summed E-state index contributed by atoms with van der Waals surface area (Å²) in [5.74, 6) is 0.341. The number of aromatic nitrogens is 4. The molecule has 1 saturated heterocycles. The summed E-state index contributed by atoms with van der Waals surface area (Å²) < 4.78 is 14.8. The van der Waals surface area contributed by atoms with Crippen molar-refractivity contribution in [2.75, 3.05) is 18.0 Å². The summed E-state index contributed by atoms with van der Waals surface area (Å²) in [6, 6.07) is 7.38. The lowest BCUT2D eigenvalue weighted by atomic mass is 10.1. The van der Waals surface area contributed by atoms with Crippen LogP contribution in [0.15, 0.2) is 41.3 Å². The Labute approximate surface area is 150 Å². The zero-order valence-corrected chi connectivity index (χ0v) is 14.6. The molecule has 1 aliphatic heterocycles. The number of aryl methyl sites for hydroxylation is 1. The van der Waals surface area contributed by atoms with Gasteiger partial charge in [0.1, 0.15) is 5.82 Å². The van der Waals surface area contributed by atoms with Crippen molar-refractivity contribution in [1.29, 1.82) is 0 Å². The quantitative estimate of drug-likeness (QED) is 0.786. The number of anilines is 1. The van der Waals surface area contributed by atoms with E-state index >= 15 is 0 Å². The lowest BCUT2D eigenvalue weighted by Crippen LogP contribution is -2.31. The number of benzene rings is 1. The first-order valence-corrected chi connectivity index (χ1v) is 8.79. The van der Waals surface area contributed by atoms with Crippen molar-refractivity contribution in [2.45, 2.75) is 26.2 Å². The average Bonchev–Trinajstić information content (AvgIpc) is 3.04. The second-order valence-corrected chi connectivity index (χ2v) is 6.54. The van der Waals surface area contributed by atoms with Crippen LogP contribution in [0.25, 0.3) is 16.9 Å². The van der Waals surface area contributed by atoms with Crippen LogP contribution in [0.2, 0.25) is 0 Å². The van der Waals surface area contributed by atoms with Crippen LogP contribution < -0.4 is 10.5 Å². The van der Waals surface area contributed by atoms with Crippen LogP contribution in [-0.4, -0.2) is 32.8 Å². The minimum Gasteiger partial charge on any atom is -0.341 e. The zero-order chi connectivity index (χ0) is 18.1. The Morgan fingerprint density at radius 3 is 2.69 bits per heavy atom. The summed E-state index contributed by atoms with van der Waals surface area (Å²) in [6.45, 7) is 3.86. The molecule has 0 bridgehead atoms. The maximum Gasteiger partial charge on any atom is 0.271 e. The highest BCUT2D eigenvalue weighted by Gasteiger charge is 2.16. The van der Waals surface area contributed by atoms with Gasteiger partial charge in [0.15, 0.2) is 0 Å². The molecule has 0 amide bonds. The first-order chi connectivity index (χ1) is 12.6. The monoisotopic (exact) mass is 353 g/mol. The molecule has 1 aliphatic rings. The highest BCUT2D eigenvalue weighted by Crippen LogP contribution is 2.22. The first-order valence-electron chi connectivity index (χ1n) is 8.79. The third-order valence-corrected chi connectivity index (χ3v) is 4.68. The molecule has 0 atom stereocenters. The number of H-pyrrole nitrogens is 1. The van der Waals surface area contributed by atoms with Gasteiger partial charge >= 0.3 is 0 Å². The van der Waals surface area contributed by atoms with Gasteiger partial charge in [0.05, 0.1) is 17.1 Å². The molecule has 1 N–H and O–H groups in total. The van der Waals surface area contributed by atoms with Gasteiger partial charge in [-0.1, -0.05) is 6.07 Å². The van der Waals surface area contributed by atoms with Crippen LogP contribution in [0.3, 0.4) is 0 Å². The van der Waals surface area contributed by atoms with Crippen molar-refractivity contribution in [3.05, 3.63) is 58.4 Å². The fourth-order valence-corrected chi connectivity index (χ4v) is 3.31. The molecule has 6 nitrogen and oxygen atoms in total. The van der Waals surface area contributed by atoms with Gasteiger partial charge in [-0.15, -0.1) is 0 Å². The molecule has 0 aliphatic carbocycles. The molecule has 1 fully saturated rings. The lowest BCUT2D eigenvalue weighted by molar-refractivity contribution is 0.568. The van der Waals surface area contributed by atoms with Gasteiger partial charge in [0, 0.05) is 30.9 Å². The van der Waals surface area contributed by atoms with Gasteiger partial charge in [0.2, 0.25) is 5.95 Å². The van der Waals surface area contributed by atoms with E-state index in [0.717, 1.165) is 43.1 Å². The number of hydrogen-bond acceptors (Lipinski definition) is 4. The van der Waals surface area contributed by atoms with E-state index in [-0.39, 0.29) is 5.56 Å². The van der Waals surface area contributed by atoms with Crippen LogP contribution in [0.5, 0.6) is 0 Å². The highest BCUT2D eigenvalue weighted by molar-refractivity contribution is 5.61. The fraction of sp³-hybridized carbons (Fsp3) is 0.316. The molecule has 26 heavy (non-hydrogen) atoms. The van der Waals surface area contributed by atoms with E-state index in [2.05, 4.69) is 20.0 Å². The summed E-state index contributed by atoms with van der Waals surface area (Å²) in [5, 5.41) is 3.02. The Morgan fingerprint density at radius 1 is 1.15 bits per heavy atom. The number of nitrogens with zero attached hydrogens (tertiary/aromatic N) is 4. The van der Waals surface area contributed by atoms with Gasteiger partial charge in [0.25, 0.3) is 5.56 Å². The largest absolute Gasteiger partial charge is 0.341 e. The number of piperidine rings is 1. The third kappa shape index (κ3) is 3.12. The minimum atomic E-state index is -0.393. The molecular weight excluding hydrogens is 333 g/mol. The normalized spacial score (nSPS) is 14.6. The maximum absolute atomic E-state index is 13.4. The van der Waals surface area contributed by atoms with Crippen LogP contribution in [-0.2, 0) is 0 Å². The summed E-state index contributed by atoms with van der Waals surface area (Å²) in [4.78, 5) is 23.6. The molecule has 0 unspecified atom stereocenters. The van der Waals surface area contributed by atoms with Gasteiger partial charge in [-0.05, 0) is 44.4 Å². The van der Waals surface area contributed by atoms with E-state index in [1.165, 1.54) is 29.3 Å². The summed E-state index contributed by atoms with van der Waals surface area (Å²) >= 11 is 0. The van der Waals surface area contributed by atoms with E-state index in [4.69, 9.17) is 0 Å². The predicted octanol–water partition coefficient (Wildman–Crippen LogP) is 3.06.